The summed E-state index contributed by atoms with van der Waals surface area (Å²) in [5, 5.41) is 2.58. The van der Waals surface area contributed by atoms with E-state index in [0.29, 0.717) is 48.1 Å². The van der Waals surface area contributed by atoms with Crippen molar-refractivity contribution >= 4 is 17.6 Å². The topological polar surface area (TPSA) is 73.9 Å². The quantitative estimate of drug-likeness (QED) is 0.485. The number of nitrogens with one attached hydrogen (secondary N) is 1. The van der Waals surface area contributed by atoms with Crippen LogP contribution in [0.25, 0.3) is 0 Å². The van der Waals surface area contributed by atoms with E-state index in [4.69, 9.17) is 9.47 Å². The Morgan fingerprint density at radius 3 is 2.31 bits per heavy atom. The lowest BCUT2D eigenvalue weighted by Gasteiger charge is -2.61. The molecule has 0 radical (unpaired) electrons. The number of carbonyl (C=O) groups is 2. The number of hydrogen-bond acceptors (Lipinski definition) is 5. The van der Waals surface area contributed by atoms with E-state index in [0.717, 1.165) is 19.3 Å². The number of ether oxygens (including phenoxy) is 3. The Labute approximate surface area is 207 Å². The van der Waals surface area contributed by atoms with Crippen molar-refractivity contribution in [2.24, 2.45) is 17.3 Å². The lowest BCUT2D eigenvalue weighted by atomic mass is 9.43. The first-order valence-corrected chi connectivity index (χ1v) is 12.1. The molecule has 6 nitrogen and oxygen atoms in total. The van der Waals surface area contributed by atoms with E-state index in [1.165, 1.54) is 37.4 Å². The van der Waals surface area contributed by atoms with Gasteiger partial charge in [-0.2, -0.15) is 8.78 Å². The molecule has 0 saturated heterocycles. The number of methoxy groups -OCH3 is 1. The monoisotopic (exact) mass is 503 g/mol. The first-order chi connectivity index (χ1) is 17.2. The Bertz CT molecular complexity index is 1140. The first-order valence-electron chi connectivity index (χ1n) is 12.1. The summed E-state index contributed by atoms with van der Waals surface area (Å²) in [5.41, 5.74) is -0.164. The summed E-state index contributed by atoms with van der Waals surface area (Å²) < 4.78 is 54.6. The normalized spacial score (nSPS) is 28.1. The summed E-state index contributed by atoms with van der Waals surface area (Å²) >= 11 is 0. The molecule has 4 aliphatic carbocycles. The van der Waals surface area contributed by atoms with Crippen molar-refractivity contribution in [3.63, 3.8) is 0 Å². The molecular formula is C27H28F3NO5. The van der Waals surface area contributed by atoms with E-state index in [1.54, 1.807) is 12.1 Å². The van der Waals surface area contributed by atoms with Crippen LogP contribution in [-0.4, -0.2) is 32.2 Å². The van der Waals surface area contributed by atoms with E-state index >= 15 is 4.39 Å². The number of alkyl halides is 2. The largest absolute Gasteiger partial charge is 0.497 e. The van der Waals surface area contributed by atoms with Gasteiger partial charge < -0.3 is 19.5 Å². The molecule has 192 valence electrons. The maximum atomic E-state index is 15.1. The molecule has 0 aliphatic heterocycles. The van der Waals surface area contributed by atoms with Crippen LogP contribution in [0.2, 0.25) is 0 Å². The third kappa shape index (κ3) is 4.63. The van der Waals surface area contributed by atoms with E-state index in [-0.39, 0.29) is 11.6 Å². The van der Waals surface area contributed by atoms with Crippen LogP contribution in [0.5, 0.6) is 11.5 Å². The third-order valence-electron chi connectivity index (χ3n) is 7.94. The predicted molar refractivity (Wildman–Crippen MR) is 124 cm³/mol. The summed E-state index contributed by atoms with van der Waals surface area (Å²) in [4.78, 5) is 25.8. The molecule has 0 heterocycles. The van der Waals surface area contributed by atoms with Crippen LogP contribution in [0.4, 0.5) is 18.9 Å². The van der Waals surface area contributed by atoms with E-state index in [9.17, 15) is 18.4 Å². The number of hydrogen-bond donors (Lipinski definition) is 1. The summed E-state index contributed by atoms with van der Waals surface area (Å²) in [6.45, 7) is -3.40. The summed E-state index contributed by atoms with van der Waals surface area (Å²) in [7, 11) is 1.50. The second-order valence-electron chi connectivity index (χ2n) is 10.4. The fourth-order valence-electron chi connectivity index (χ4n) is 7.07. The molecule has 1 N–H and O–H groups in total. The van der Waals surface area contributed by atoms with Crippen molar-refractivity contribution in [1.29, 1.82) is 0 Å². The average molecular weight is 504 g/mol. The standard InChI is InChI=1S/C27H28F3NO5/c1-34-20-6-7-21(22(28)9-20)26-10-16-8-17(11-26)13-27(12-16,15-26)24(33)35-14-23(32)31-18-2-4-19(5-3-18)36-25(29)30/h2-7,9,16-17,25H,8,10-15H2,1H3,(H,31,32). The van der Waals surface area contributed by atoms with Gasteiger partial charge in [-0.25, -0.2) is 4.39 Å². The van der Waals surface area contributed by atoms with Gasteiger partial charge in [0.1, 0.15) is 17.3 Å². The zero-order valence-electron chi connectivity index (χ0n) is 19.9. The molecule has 4 aliphatic rings. The van der Waals surface area contributed by atoms with Crippen molar-refractivity contribution in [2.45, 2.75) is 50.6 Å². The smallest absolute Gasteiger partial charge is 0.387 e. The molecule has 4 bridgehead atoms. The molecule has 2 unspecified atom stereocenters. The second kappa shape index (κ2) is 9.33. The highest BCUT2D eigenvalue weighted by atomic mass is 19.3. The van der Waals surface area contributed by atoms with E-state index < -0.39 is 35.9 Å². The van der Waals surface area contributed by atoms with Gasteiger partial charge in [-0.3, -0.25) is 9.59 Å². The minimum atomic E-state index is -2.94. The van der Waals surface area contributed by atoms with Crippen molar-refractivity contribution in [1.82, 2.24) is 0 Å². The number of carbonyl (C=O) groups excluding carboxylic acids is 2. The van der Waals surface area contributed by atoms with Crippen LogP contribution in [0.3, 0.4) is 0 Å². The number of halogens is 3. The van der Waals surface area contributed by atoms with E-state index in [2.05, 4.69) is 10.1 Å². The molecule has 4 saturated carbocycles. The molecule has 9 heteroatoms. The fraction of sp³-hybridized carbons (Fsp3) is 0.481. The van der Waals surface area contributed by atoms with Crippen LogP contribution in [-0.2, 0) is 19.7 Å². The second-order valence-corrected chi connectivity index (χ2v) is 10.4. The van der Waals surface area contributed by atoms with Crippen LogP contribution < -0.4 is 14.8 Å². The average Bonchev–Trinajstić information content (AvgIpc) is 2.82. The molecular weight excluding hydrogens is 475 g/mol. The van der Waals surface area contributed by atoms with Crippen LogP contribution in [0.1, 0.15) is 44.1 Å². The van der Waals surface area contributed by atoms with Crippen molar-refractivity contribution in [3.8, 4) is 11.5 Å². The van der Waals surface area contributed by atoms with Gasteiger partial charge in [0.2, 0.25) is 0 Å². The molecule has 36 heavy (non-hydrogen) atoms. The molecule has 2 aromatic carbocycles. The number of rotatable bonds is 8. The van der Waals surface area contributed by atoms with Gasteiger partial charge in [-0.1, -0.05) is 6.07 Å². The van der Waals surface area contributed by atoms with Crippen molar-refractivity contribution in [3.05, 3.63) is 53.8 Å². The highest BCUT2D eigenvalue weighted by molar-refractivity contribution is 5.93. The number of anilines is 1. The van der Waals surface area contributed by atoms with Gasteiger partial charge in [-0.05, 0) is 91.7 Å². The lowest BCUT2D eigenvalue weighted by molar-refractivity contribution is -0.175. The zero-order valence-corrected chi connectivity index (χ0v) is 19.9. The highest BCUT2D eigenvalue weighted by Gasteiger charge is 2.62. The molecule has 6 rings (SSSR count). The minimum absolute atomic E-state index is 0.0292. The third-order valence-corrected chi connectivity index (χ3v) is 7.94. The molecule has 2 atom stereocenters. The summed E-state index contributed by atoms with van der Waals surface area (Å²) in [6.07, 6.45) is 4.59. The molecule has 1 amide bonds. The molecule has 0 spiro atoms. The summed E-state index contributed by atoms with van der Waals surface area (Å²) in [6, 6.07) is 10.4. The Morgan fingerprint density at radius 1 is 1.03 bits per heavy atom. The number of benzene rings is 2. The van der Waals surface area contributed by atoms with Crippen molar-refractivity contribution in [2.75, 3.05) is 19.0 Å². The Balaban J connectivity index is 1.25. The molecule has 2 aromatic rings. The number of esters is 1. The Morgan fingerprint density at radius 2 is 1.69 bits per heavy atom. The summed E-state index contributed by atoms with van der Waals surface area (Å²) in [5.74, 6) is -0.219. The number of amides is 1. The highest BCUT2D eigenvalue weighted by Crippen LogP contribution is 2.66. The van der Waals surface area contributed by atoms with Gasteiger partial charge in [0.15, 0.2) is 6.61 Å². The van der Waals surface area contributed by atoms with Crippen LogP contribution >= 0.6 is 0 Å². The first kappa shape index (κ1) is 24.5. The maximum Gasteiger partial charge on any atom is 0.387 e. The Kier molecular flexibility index (Phi) is 6.34. The molecule has 4 fully saturated rings. The van der Waals surface area contributed by atoms with Gasteiger partial charge >= 0.3 is 12.6 Å². The maximum absolute atomic E-state index is 15.1. The zero-order chi connectivity index (χ0) is 25.5. The molecule has 0 aromatic heterocycles. The van der Waals surface area contributed by atoms with Crippen LogP contribution in [0, 0.1) is 23.1 Å². The predicted octanol–water partition coefficient (Wildman–Crippen LogP) is 5.46. The van der Waals surface area contributed by atoms with Gasteiger partial charge in [0, 0.05) is 11.8 Å². The van der Waals surface area contributed by atoms with Gasteiger partial charge in [-0.15, -0.1) is 0 Å². The SMILES string of the molecule is COc1ccc(C23CC4CC(CC(C(=O)OCC(=O)Nc5ccc(OC(F)F)cc5)(C4)C2)C3)c(F)c1. The minimum Gasteiger partial charge on any atom is -0.497 e. The lowest BCUT2D eigenvalue weighted by Crippen LogP contribution is -2.57. The van der Waals surface area contributed by atoms with Gasteiger partial charge in [0.25, 0.3) is 5.91 Å². The van der Waals surface area contributed by atoms with Crippen LogP contribution in [0.15, 0.2) is 42.5 Å². The Hall–Kier alpha value is -3.23. The van der Waals surface area contributed by atoms with E-state index in [1.807, 2.05) is 0 Å². The fourth-order valence-corrected chi connectivity index (χ4v) is 7.07. The van der Waals surface area contributed by atoms with Gasteiger partial charge in [0.05, 0.1) is 12.5 Å². The van der Waals surface area contributed by atoms with Crippen molar-refractivity contribution < 1.29 is 37.0 Å².